The number of carboxylic acids is 1. The second kappa shape index (κ2) is 5.27. The van der Waals surface area contributed by atoms with E-state index in [1.807, 2.05) is 0 Å². The summed E-state index contributed by atoms with van der Waals surface area (Å²) in [7, 11) is 0. The summed E-state index contributed by atoms with van der Waals surface area (Å²) in [5.74, 6) is -0.409. The van der Waals surface area contributed by atoms with Gasteiger partial charge in [0.05, 0.1) is 0 Å². The molecule has 6 heteroatoms. The standard InChI is InChI=1S/C15H18N2O4/c18-13-5-3-11(4-6-13)17(9-14(19)20)15(21)16-8-10-1-2-12(16)7-10/h3-6,10,12,18H,1-2,7-9H2,(H,19,20). The van der Waals surface area contributed by atoms with Crippen molar-refractivity contribution >= 4 is 17.7 Å². The highest BCUT2D eigenvalue weighted by molar-refractivity contribution is 5.96. The molecule has 2 N–H and O–H groups in total. The minimum Gasteiger partial charge on any atom is -0.508 e. The van der Waals surface area contributed by atoms with Gasteiger partial charge in [0.1, 0.15) is 12.3 Å². The first-order valence-electron chi connectivity index (χ1n) is 7.13. The molecule has 2 bridgehead atoms. The van der Waals surface area contributed by atoms with Crippen LogP contribution in [0.3, 0.4) is 0 Å². The number of nitrogens with zero attached hydrogens (tertiary/aromatic N) is 2. The molecule has 1 aliphatic carbocycles. The average Bonchev–Trinajstić information content (AvgIpc) is 3.07. The van der Waals surface area contributed by atoms with Crippen molar-refractivity contribution in [3.8, 4) is 5.75 Å². The predicted molar refractivity (Wildman–Crippen MR) is 76.3 cm³/mol. The highest BCUT2D eigenvalue weighted by Crippen LogP contribution is 2.38. The van der Waals surface area contributed by atoms with Gasteiger partial charge in [0.2, 0.25) is 0 Å². The van der Waals surface area contributed by atoms with Crippen LogP contribution in [0.1, 0.15) is 19.3 Å². The van der Waals surface area contributed by atoms with E-state index in [0.29, 0.717) is 11.6 Å². The smallest absolute Gasteiger partial charge is 0.325 e. The molecule has 112 valence electrons. The second-order valence-corrected chi connectivity index (χ2v) is 5.76. The molecule has 21 heavy (non-hydrogen) atoms. The third-order valence-electron chi connectivity index (χ3n) is 4.34. The molecule has 2 unspecified atom stereocenters. The van der Waals surface area contributed by atoms with Crippen molar-refractivity contribution in [3.05, 3.63) is 24.3 Å². The topological polar surface area (TPSA) is 81.1 Å². The number of urea groups is 1. The summed E-state index contributed by atoms with van der Waals surface area (Å²) >= 11 is 0. The number of anilines is 1. The molecule has 1 aromatic carbocycles. The third-order valence-corrected chi connectivity index (χ3v) is 4.34. The van der Waals surface area contributed by atoms with Gasteiger partial charge >= 0.3 is 12.0 Å². The molecule has 2 atom stereocenters. The van der Waals surface area contributed by atoms with Crippen molar-refractivity contribution in [1.82, 2.24) is 4.90 Å². The first kappa shape index (κ1) is 13.7. The zero-order chi connectivity index (χ0) is 15.0. The Kier molecular flexibility index (Phi) is 3.45. The minimum absolute atomic E-state index is 0.0849. The SMILES string of the molecule is O=C(O)CN(C(=O)N1CC2CCC1C2)c1ccc(O)cc1. The van der Waals surface area contributed by atoms with E-state index in [2.05, 4.69) is 0 Å². The van der Waals surface area contributed by atoms with Crippen LogP contribution in [-0.4, -0.2) is 46.2 Å². The Balaban J connectivity index is 1.83. The molecule has 2 amide bonds. The lowest BCUT2D eigenvalue weighted by Crippen LogP contribution is -2.48. The first-order valence-corrected chi connectivity index (χ1v) is 7.13. The van der Waals surface area contributed by atoms with E-state index in [1.165, 1.54) is 17.0 Å². The number of carbonyl (C=O) groups excluding carboxylic acids is 1. The van der Waals surface area contributed by atoms with Crippen molar-refractivity contribution in [2.75, 3.05) is 18.0 Å². The Morgan fingerprint density at radius 1 is 1.24 bits per heavy atom. The molecule has 2 fully saturated rings. The highest BCUT2D eigenvalue weighted by atomic mass is 16.4. The lowest BCUT2D eigenvalue weighted by molar-refractivity contribution is -0.135. The Labute approximate surface area is 122 Å². The highest BCUT2D eigenvalue weighted by Gasteiger charge is 2.42. The van der Waals surface area contributed by atoms with Gasteiger partial charge in [0, 0.05) is 18.3 Å². The Hall–Kier alpha value is -2.24. The maximum atomic E-state index is 12.7. The van der Waals surface area contributed by atoms with E-state index < -0.39 is 5.97 Å². The molecule has 1 aliphatic heterocycles. The molecule has 0 radical (unpaired) electrons. The van der Waals surface area contributed by atoms with Crippen molar-refractivity contribution in [3.63, 3.8) is 0 Å². The molecule has 1 saturated carbocycles. The van der Waals surface area contributed by atoms with Crippen molar-refractivity contribution in [2.24, 2.45) is 5.92 Å². The fourth-order valence-electron chi connectivity index (χ4n) is 3.35. The number of phenolic OH excluding ortho intramolecular Hbond substituents is 1. The molecular formula is C15H18N2O4. The van der Waals surface area contributed by atoms with Crippen LogP contribution in [0.15, 0.2) is 24.3 Å². The van der Waals surface area contributed by atoms with Gasteiger partial charge in [-0.3, -0.25) is 9.69 Å². The molecule has 0 spiro atoms. The Bertz CT molecular complexity index is 557. The molecule has 3 rings (SSSR count). The summed E-state index contributed by atoms with van der Waals surface area (Å²) in [5, 5.41) is 18.4. The number of amides is 2. The summed E-state index contributed by atoms with van der Waals surface area (Å²) in [6.45, 7) is 0.342. The van der Waals surface area contributed by atoms with Gasteiger partial charge in [-0.15, -0.1) is 0 Å². The largest absolute Gasteiger partial charge is 0.508 e. The number of hydrogen-bond donors (Lipinski definition) is 2. The van der Waals surface area contributed by atoms with Crippen LogP contribution in [0.5, 0.6) is 5.75 Å². The maximum Gasteiger partial charge on any atom is 0.325 e. The van der Waals surface area contributed by atoms with Crippen LogP contribution >= 0.6 is 0 Å². The lowest BCUT2D eigenvalue weighted by Gasteiger charge is -2.32. The van der Waals surface area contributed by atoms with E-state index in [1.54, 1.807) is 17.0 Å². The molecule has 1 aromatic rings. The van der Waals surface area contributed by atoms with Crippen molar-refractivity contribution in [2.45, 2.75) is 25.3 Å². The zero-order valence-electron chi connectivity index (χ0n) is 11.6. The summed E-state index contributed by atoms with van der Waals surface area (Å²) in [6.07, 6.45) is 3.20. The molecule has 0 aromatic heterocycles. The maximum absolute atomic E-state index is 12.7. The van der Waals surface area contributed by atoms with Crippen molar-refractivity contribution in [1.29, 1.82) is 0 Å². The van der Waals surface area contributed by atoms with Gasteiger partial charge in [-0.25, -0.2) is 4.79 Å². The van der Waals surface area contributed by atoms with Gasteiger partial charge in [-0.1, -0.05) is 0 Å². The molecule has 2 aliphatic rings. The van der Waals surface area contributed by atoms with Crippen LogP contribution in [0.4, 0.5) is 10.5 Å². The van der Waals surface area contributed by atoms with Crippen LogP contribution in [-0.2, 0) is 4.79 Å². The van der Waals surface area contributed by atoms with E-state index in [0.717, 1.165) is 25.8 Å². The van der Waals surface area contributed by atoms with Gasteiger partial charge in [-0.2, -0.15) is 0 Å². The average molecular weight is 290 g/mol. The number of phenols is 1. The number of carboxylic acid groups (broad SMARTS) is 1. The fraction of sp³-hybridized carbons (Fsp3) is 0.467. The number of fused-ring (bicyclic) bond motifs is 2. The lowest BCUT2D eigenvalue weighted by atomic mass is 10.1. The first-order chi connectivity index (χ1) is 10.0. The third kappa shape index (κ3) is 2.66. The van der Waals surface area contributed by atoms with Gasteiger partial charge in [-0.05, 0) is 49.4 Å². The van der Waals surface area contributed by atoms with Gasteiger partial charge in [0.15, 0.2) is 0 Å². The van der Waals surface area contributed by atoms with Gasteiger partial charge in [0.25, 0.3) is 0 Å². The number of piperidine rings is 1. The molecule has 6 nitrogen and oxygen atoms in total. The monoisotopic (exact) mass is 290 g/mol. The number of rotatable bonds is 3. The van der Waals surface area contributed by atoms with Gasteiger partial charge < -0.3 is 15.1 Å². The van der Waals surface area contributed by atoms with E-state index >= 15 is 0 Å². The van der Waals surface area contributed by atoms with E-state index in [-0.39, 0.29) is 24.4 Å². The second-order valence-electron chi connectivity index (χ2n) is 5.76. The zero-order valence-corrected chi connectivity index (χ0v) is 11.6. The summed E-state index contributed by atoms with van der Waals surface area (Å²) in [4.78, 5) is 26.8. The normalized spacial score (nSPS) is 23.3. The minimum atomic E-state index is -1.05. The number of benzene rings is 1. The number of aliphatic carboxylic acids is 1. The summed E-state index contributed by atoms with van der Waals surface area (Å²) < 4.78 is 0. The van der Waals surface area contributed by atoms with E-state index in [4.69, 9.17) is 5.11 Å². The number of aromatic hydroxyl groups is 1. The molecular weight excluding hydrogens is 272 g/mol. The number of carbonyl (C=O) groups is 2. The van der Waals surface area contributed by atoms with E-state index in [9.17, 15) is 14.7 Å². The van der Waals surface area contributed by atoms with Crippen LogP contribution in [0.25, 0.3) is 0 Å². The number of likely N-dealkylation sites (tertiary alicyclic amines) is 1. The quantitative estimate of drug-likeness (QED) is 0.890. The summed E-state index contributed by atoms with van der Waals surface area (Å²) in [6, 6.07) is 6.02. The summed E-state index contributed by atoms with van der Waals surface area (Å²) in [5.41, 5.74) is 0.489. The Morgan fingerprint density at radius 2 is 1.95 bits per heavy atom. The molecule has 1 saturated heterocycles. The molecule has 1 heterocycles. The van der Waals surface area contributed by atoms with Crippen LogP contribution in [0, 0.1) is 5.92 Å². The van der Waals surface area contributed by atoms with Crippen molar-refractivity contribution < 1.29 is 19.8 Å². The Morgan fingerprint density at radius 3 is 2.48 bits per heavy atom. The van der Waals surface area contributed by atoms with Crippen LogP contribution < -0.4 is 4.90 Å². The predicted octanol–water partition coefficient (Wildman–Crippen LogP) is 1.89. The number of hydrogen-bond acceptors (Lipinski definition) is 3. The fourth-order valence-corrected chi connectivity index (χ4v) is 3.35. The van der Waals surface area contributed by atoms with Crippen LogP contribution in [0.2, 0.25) is 0 Å².